The minimum Gasteiger partial charge on any atom is -0.376 e. The van der Waals surface area contributed by atoms with Crippen LogP contribution in [0.4, 0.5) is 4.79 Å². The van der Waals surface area contributed by atoms with Gasteiger partial charge in [0.05, 0.1) is 17.6 Å². The van der Waals surface area contributed by atoms with Crippen molar-refractivity contribution in [3.63, 3.8) is 0 Å². The fourth-order valence-corrected chi connectivity index (χ4v) is 6.24. The minimum absolute atomic E-state index is 0.0514. The number of amides is 4. The van der Waals surface area contributed by atoms with Gasteiger partial charge in [0.25, 0.3) is 5.91 Å². The van der Waals surface area contributed by atoms with Crippen LogP contribution in [0.25, 0.3) is 0 Å². The number of urea groups is 1. The number of carbonyl (C=O) groups is 3. The van der Waals surface area contributed by atoms with Gasteiger partial charge in [-0.25, -0.2) is 13.2 Å². The quantitative estimate of drug-likeness (QED) is 0.609. The smallest absolute Gasteiger partial charge is 0.325 e. The van der Waals surface area contributed by atoms with Crippen LogP contribution in [-0.4, -0.2) is 84.9 Å². The fraction of sp³-hybridized carbons (Fsp3) is 0.833. The Morgan fingerprint density at radius 3 is 2.61 bits per heavy atom. The second-order valence-corrected chi connectivity index (χ2v) is 10.8. The lowest BCUT2D eigenvalue weighted by Gasteiger charge is -2.31. The predicted octanol–water partition coefficient (Wildman–Crippen LogP) is -0.0984. The van der Waals surface area contributed by atoms with E-state index in [2.05, 4.69) is 5.32 Å². The summed E-state index contributed by atoms with van der Waals surface area (Å²) in [6, 6.07) is -0.985. The summed E-state index contributed by atoms with van der Waals surface area (Å²) >= 11 is 0. The molecule has 156 valence electrons. The van der Waals surface area contributed by atoms with E-state index in [1.54, 1.807) is 6.92 Å². The van der Waals surface area contributed by atoms with Gasteiger partial charge in [0, 0.05) is 19.2 Å². The van der Waals surface area contributed by atoms with Crippen molar-refractivity contribution < 1.29 is 27.5 Å². The van der Waals surface area contributed by atoms with E-state index in [4.69, 9.17) is 4.74 Å². The van der Waals surface area contributed by atoms with Gasteiger partial charge in [0.2, 0.25) is 5.91 Å². The highest BCUT2D eigenvalue weighted by Crippen LogP contribution is 2.42. The van der Waals surface area contributed by atoms with Crippen molar-refractivity contribution in [1.82, 2.24) is 15.1 Å². The highest BCUT2D eigenvalue weighted by atomic mass is 32.2. The Balaban J connectivity index is 1.48. The van der Waals surface area contributed by atoms with Crippen LogP contribution in [0.1, 0.15) is 39.0 Å². The number of carbonyl (C=O) groups excluding carboxylic acids is 3. The van der Waals surface area contributed by atoms with Gasteiger partial charge in [-0.15, -0.1) is 0 Å². The van der Waals surface area contributed by atoms with E-state index in [0.717, 1.165) is 30.6 Å². The normalized spacial score (nSPS) is 34.7. The molecule has 10 heteroatoms. The molecule has 1 N–H and O–H groups in total. The van der Waals surface area contributed by atoms with Crippen LogP contribution in [0.5, 0.6) is 0 Å². The number of hydrogen-bond donors (Lipinski definition) is 1. The largest absolute Gasteiger partial charge is 0.376 e. The molecule has 0 spiro atoms. The van der Waals surface area contributed by atoms with E-state index in [1.165, 1.54) is 4.90 Å². The number of ether oxygens (including phenoxy) is 1. The molecule has 0 aromatic heterocycles. The molecule has 0 bridgehead atoms. The molecule has 0 aromatic rings. The number of rotatable bonds is 6. The van der Waals surface area contributed by atoms with Crippen LogP contribution in [0.2, 0.25) is 0 Å². The number of hydrogen-bond acceptors (Lipinski definition) is 6. The van der Waals surface area contributed by atoms with Crippen molar-refractivity contribution in [2.45, 2.75) is 56.7 Å². The van der Waals surface area contributed by atoms with Crippen molar-refractivity contribution in [2.75, 3.05) is 31.2 Å². The first-order valence-electron chi connectivity index (χ1n) is 9.95. The van der Waals surface area contributed by atoms with E-state index in [1.807, 2.05) is 0 Å². The molecule has 0 radical (unpaired) electrons. The second-order valence-electron chi connectivity index (χ2n) is 8.54. The summed E-state index contributed by atoms with van der Waals surface area (Å²) < 4.78 is 29.5. The van der Waals surface area contributed by atoms with E-state index < -0.39 is 33.4 Å². The molecule has 3 atom stereocenters. The molecular formula is C18H27N3O6S. The van der Waals surface area contributed by atoms with Crippen LogP contribution in [0.3, 0.4) is 0 Å². The summed E-state index contributed by atoms with van der Waals surface area (Å²) in [5.74, 6) is -0.682. The molecule has 3 saturated heterocycles. The van der Waals surface area contributed by atoms with Crippen molar-refractivity contribution in [1.29, 1.82) is 0 Å². The van der Waals surface area contributed by atoms with Crippen LogP contribution in [-0.2, 0) is 24.2 Å². The number of sulfone groups is 1. The number of nitrogens with zero attached hydrogens (tertiary/aromatic N) is 2. The van der Waals surface area contributed by atoms with Crippen LogP contribution in [0.15, 0.2) is 0 Å². The van der Waals surface area contributed by atoms with Crippen molar-refractivity contribution in [3.05, 3.63) is 0 Å². The molecule has 9 nitrogen and oxygen atoms in total. The maximum Gasteiger partial charge on any atom is 0.325 e. The lowest BCUT2D eigenvalue weighted by molar-refractivity contribution is -0.141. The van der Waals surface area contributed by atoms with E-state index >= 15 is 0 Å². The maximum atomic E-state index is 13.1. The Bertz CT molecular complexity index is 789. The van der Waals surface area contributed by atoms with E-state index in [-0.39, 0.29) is 36.0 Å². The van der Waals surface area contributed by atoms with Crippen molar-refractivity contribution in [2.24, 2.45) is 5.92 Å². The predicted molar refractivity (Wildman–Crippen MR) is 99.1 cm³/mol. The van der Waals surface area contributed by atoms with Crippen LogP contribution >= 0.6 is 0 Å². The van der Waals surface area contributed by atoms with Gasteiger partial charge in [0.1, 0.15) is 12.1 Å². The molecule has 1 saturated carbocycles. The summed E-state index contributed by atoms with van der Waals surface area (Å²) in [4.78, 5) is 40.7. The third-order valence-corrected chi connectivity index (χ3v) is 8.13. The van der Waals surface area contributed by atoms with Crippen LogP contribution in [0, 0.1) is 5.92 Å². The number of imide groups is 1. The van der Waals surface area contributed by atoms with Gasteiger partial charge in [-0.1, -0.05) is 0 Å². The highest BCUT2D eigenvalue weighted by Gasteiger charge is 2.56. The summed E-state index contributed by atoms with van der Waals surface area (Å²) in [5.41, 5.74) is -0.937. The summed E-state index contributed by atoms with van der Waals surface area (Å²) in [6.45, 7) is 2.27. The van der Waals surface area contributed by atoms with Gasteiger partial charge in [-0.05, 0) is 44.9 Å². The standard InChI is InChI=1S/C18H27N3O6S/c1-18(12-4-5-12)16(23)21(17(24)19-18)10-15(22)20(9-14-3-2-7-27-14)13-6-8-28(25,26)11-13/h12-14H,2-11H2,1H3,(H,19,24)/t13-,14-,18+/m1/s1. The Morgan fingerprint density at radius 1 is 1.29 bits per heavy atom. The molecule has 28 heavy (non-hydrogen) atoms. The summed E-state index contributed by atoms with van der Waals surface area (Å²) in [5, 5.41) is 2.74. The zero-order valence-corrected chi connectivity index (χ0v) is 16.9. The maximum absolute atomic E-state index is 13.1. The average molecular weight is 413 g/mol. The minimum atomic E-state index is -3.17. The topological polar surface area (TPSA) is 113 Å². The SMILES string of the molecule is C[C@@]1(C2CC2)NC(=O)N(CC(=O)N(C[C@H]2CCCO2)[C@@H]2CCS(=O)(=O)C2)C1=O. The van der Waals surface area contributed by atoms with Crippen molar-refractivity contribution in [3.8, 4) is 0 Å². The molecule has 4 aliphatic rings. The van der Waals surface area contributed by atoms with E-state index in [0.29, 0.717) is 19.6 Å². The lowest BCUT2D eigenvalue weighted by atomic mass is 9.96. The first-order valence-corrected chi connectivity index (χ1v) is 11.8. The van der Waals surface area contributed by atoms with Gasteiger partial charge < -0.3 is 15.0 Å². The summed E-state index contributed by atoms with van der Waals surface area (Å²) in [7, 11) is -3.17. The van der Waals surface area contributed by atoms with Gasteiger partial charge in [-0.2, -0.15) is 0 Å². The van der Waals surface area contributed by atoms with Gasteiger partial charge >= 0.3 is 6.03 Å². The first-order chi connectivity index (χ1) is 13.2. The third kappa shape index (κ3) is 3.63. The molecule has 0 aromatic carbocycles. The van der Waals surface area contributed by atoms with E-state index in [9.17, 15) is 22.8 Å². The Labute approximate surface area is 164 Å². The molecule has 4 amide bonds. The molecule has 3 heterocycles. The first kappa shape index (κ1) is 19.6. The van der Waals surface area contributed by atoms with Gasteiger partial charge in [-0.3, -0.25) is 14.5 Å². The third-order valence-electron chi connectivity index (χ3n) is 6.38. The molecular weight excluding hydrogens is 386 g/mol. The molecule has 0 unspecified atom stereocenters. The number of nitrogens with one attached hydrogen (secondary N) is 1. The van der Waals surface area contributed by atoms with Crippen LogP contribution < -0.4 is 5.32 Å². The monoisotopic (exact) mass is 413 g/mol. The Kier molecular flexibility index (Phi) is 4.89. The summed E-state index contributed by atoms with van der Waals surface area (Å²) in [6.07, 6.45) is 3.73. The Hall–Kier alpha value is -1.68. The highest BCUT2D eigenvalue weighted by molar-refractivity contribution is 7.91. The molecule has 4 rings (SSSR count). The van der Waals surface area contributed by atoms with Gasteiger partial charge in [0.15, 0.2) is 9.84 Å². The zero-order valence-electron chi connectivity index (χ0n) is 16.1. The lowest BCUT2D eigenvalue weighted by Crippen LogP contribution is -2.51. The van der Waals surface area contributed by atoms with Crippen molar-refractivity contribution >= 4 is 27.7 Å². The second kappa shape index (κ2) is 6.98. The molecule has 4 fully saturated rings. The average Bonchev–Trinajstić information content (AvgIpc) is 3.19. The molecule has 3 aliphatic heterocycles. The molecule has 1 aliphatic carbocycles. The zero-order chi connectivity index (χ0) is 20.1. The fourth-order valence-electron chi connectivity index (χ4n) is 4.51. The Morgan fingerprint density at radius 2 is 2.04 bits per heavy atom.